The van der Waals surface area contributed by atoms with E-state index in [9.17, 15) is 20.4 Å². The van der Waals surface area contributed by atoms with Crippen molar-refractivity contribution in [3.8, 4) is 34.1 Å². The van der Waals surface area contributed by atoms with Crippen LogP contribution >= 0.6 is 0 Å². The summed E-state index contributed by atoms with van der Waals surface area (Å²) in [5, 5.41) is 51.5. The fourth-order valence-electron chi connectivity index (χ4n) is 10.5. The highest BCUT2D eigenvalue weighted by Crippen LogP contribution is 2.48. The second-order valence-corrected chi connectivity index (χ2v) is 24.7. The zero-order chi connectivity index (χ0) is 51.9. The van der Waals surface area contributed by atoms with Gasteiger partial charge in [-0.25, -0.2) is 0 Å². The third-order valence-corrected chi connectivity index (χ3v) is 15.0. The number of aromatic hydroxyl groups is 4. The molecule has 0 saturated heterocycles. The normalized spacial score (nSPS) is 19.8. The van der Waals surface area contributed by atoms with Crippen LogP contribution in [0.5, 0.6) is 23.0 Å². The number of phenolic OH excluding ortho intramolecular Hbond substituents is 4. The van der Waals surface area contributed by atoms with Crippen molar-refractivity contribution < 1.29 is 20.4 Å². The van der Waals surface area contributed by atoms with Crippen LogP contribution in [0.1, 0.15) is 179 Å². The van der Waals surface area contributed by atoms with Gasteiger partial charge in [-0.05, 0) is 104 Å². The molecule has 4 N–H and O–H groups in total. The van der Waals surface area contributed by atoms with Crippen molar-refractivity contribution in [2.45, 2.75) is 180 Å². The van der Waals surface area contributed by atoms with Crippen molar-refractivity contribution in [1.82, 2.24) is 0 Å². The highest BCUT2D eigenvalue weighted by Gasteiger charge is 2.30. The number of rotatable bonds is 9. The van der Waals surface area contributed by atoms with Gasteiger partial charge in [0.25, 0.3) is 0 Å². The van der Waals surface area contributed by atoms with E-state index in [0.29, 0.717) is 22.3 Å². The molecule has 0 aliphatic heterocycles. The molecule has 2 saturated carbocycles. The van der Waals surface area contributed by atoms with Crippen LogP contribution in [-0.4, -0.2) is 69.5 Å². The lowest BCUT2D eigenvalue weighted by atomic mass is 9.79. The molecule has 8 rings (SSSR count). The van der Waals surface area contributed by atoms with Crippen LogP contribution < -0.4 is 0 Å². The highest BCUT2D eigenvalue weighted by atomic mass is 16.3. The Bertz CT molecular complexity index is 2890. The fourth-order valence-corrected chi connectivity index (χ4v) is 10.5. The average molecular weight is 967 g/mol. The number of aliphatic imine (C=N–C) groups is 4. The first kappa shape index (κ1) is 52.1. The SMILES string of the molecule is CC(C)(C)c1cc(C=N[C@H]2CCCC[C@@H]2N=Cc2cc3ccccc3c(-c3c(O)c(C=N[C@H]4CCCC[C@@H]4N=Cc4cc(C(C)(C)C)cc(C(C)(C)C)c4O)cc4ccccc34)c2O)c(O)c(C(C)(C)C)c1. The lowest BCUT2D eigenvalue weighted by Gasteiger charge is -2.28. The van der Waals surface area contributed by atoms with Gasteiger partial charge >= 0.3 is 0 Å². The second kappa shape index (κ2) is 20.3. The summed E-state index contributed by atoms with van der Waals surface area (Å²) < 4.78 is 0. The summed E-state index contributed by atoms with van der Waals surface area (Å²) in [5.41, 5.74) is 7.03. The summed E-state index contributed by atoms with van der Waals surface area (Å²) in [5.74, 6) is 0.618. The molecule has 72 heavy (non-hydrogen) atoms. The maximum absolute atomic E-state index is 12.5. The van der Waals surface area contributed by atoms with Crippen LogP contribution in [0.15, 0.2) is 105 Å². The lowest BCUT2D eigenvalue weighted by Crippen LogP contribution is -2.27. The van der Waals surface area contributed by atoms with E-state index in [0.717, 1.165) is 106 Å². The van der Waals surface area contributed by atoms with Gasteiger partial charge in [-0.3, -0.25) is 20.0 Å². The van der Waals surface area contributed by atoms with Gasteiger partial charge in [0.2, 0.25) is 0 Å². The number of fused-ring (bicyclic) bond motifs is 2. The molecule has 378 valence electrons. The number of nitrogens with zero attached hydrogens (tertiary/aromatic N) is 4. The Hall–Kier alpha value is -6.28. The lowest BCUT2D eigenvalue weighted by molar-refractivity contribution is 0.390. The number of phenols is 4. The molecule has 6 aromatic rings. The van der Waals surface area contributed by atoms with Crippen molar-refractivity contribution in [3.63, 3.8) is 0 Å². The van der Waals surface area contributed by atoms with Crippen molar-refractivity contribution in [1.29, 1.82) is 0 Å². The van der Waals surface area contributed by atoms with Crippen molar-refractivity contribution in [2.75, 3.05) is 0 Å². The Morgan fingerprint density at radius 1 is 0.375 bits per heavy atom. The maximum Gasteiger partial charge on any atom is 0.132 e. The van der Waals surface area contributed by atoms with Gasteiger partial charge in [-0.15, -0.1) is 0 Å². The van der Waals surface area contributed by atoms with E-state index in [-0.39, 0.29) is 68.8 Å². The standard InChI is InChI=1S/C64H78N4O4/c1-61(2,3)45-31-43(57(69)49(33-45)63(7,8)9)37-67-53-27-19-17-25-51(53)65-35-41-29-39-21-13-15-23-47(39)55(59(41)71)56-48-24-16-14-22-40(48)30-42(60(56)72)36-66-52-26-18-20-28-54(52)68-38-44-32-46(62(4,5)6)34-50(58(44)70)64(10,11)12/h13-16,21-24,29-38,51-54,69-72H,17-20,25-28H2,1-12H3/t51-,52-,53-,54-/m0/s1. The molecule has 0 unspecified atom stereocenters. The summed E-state index contributed by atoms with van der Waals surface area (Å²) in [6, 6.07) is 27.8. The van der Waals surface area contributed by atoms with E-state index < -0.39 is 0 Å². The van der Waals surface area contributed by atoms with Gasteiger partial charge in [-0.2, -0.15) is 0 Å². The largest absolute Gasteiger partial charge is 0.507 e. The first-order valence-corrected chi connectivity index (χ1v) is 26.3. The van der Waals surface area contributed by atoms with Crippen molar-refractivity contribution in [2.24, 2.45) is 20.0 Å². The van der Waals surface area contributed by atoms with Gasteiger partial charge in [-0.1, -0.05) is 169 Å². The molecule has 0 spiro atoms. The number of hydrogen-bond acceptors (Lipinski definition) is 8. The highest BCUT2D eigenvalue weighted by molar-refractivity contribution is 6.14. The maximum atomic E-state index is 12.5. The zero-order valence-corrected chi connectivity index (χ0v) is 44.9. The molecular formula is C64H78N4O4. The summed E-state index contributed by atoms with van der Waals surface area (Å²) in [7, 11) is 0. The topological polar surface area (TPSA) is 130 Å². The van der Waals surface area contributed by atoms with Crippen LogP contribution in [0.4, 0.5) is 0 Å². The molecule has 0 aromatic heterocycles. The molecule has 4 atom stereocenters. The molecule has 2 aliphatic rings. The van der Waals surface area contributed by atoms with E-state index in [2.05, 4.69) is 107 Å². The molecule has 8 nitrogen and oxygen atoms in total. The third-order valence-electron chi connectivity index (χ3n) is 15.0. The summed E-state index contributed by atoms with van der Waals surface area (Å²) in [6.07, 6.45) is 14.8. The van der Waals surface area contributed by atoms with E-state index in [4.69, 9.17) is 20.0 Å². The Balaban J connectivity index is 1.15. The first-order chi connectivity index (χ1) is 33.9. The summed E-state index contributed by atoms with van der Waals surface area (Å²) in [4.78, 5) is 20.6. The van der Waals surface area contributed by atoms with Gasteiger partial charge in [0.1, 0.15) is 23.0 Å². The fraction of sp³-hybridized carbons (Fsp3) is 0.438. The minimum atomic E-state index is -0.247. The van der Waals surface area contributed by atoms with Gasteiger partial charge in [0, 0.05) is 69.4 Å². The molecule has 0 amide bonds. The monoisotopic (exact) mass is 967 g/mol. The van der Waals surface area contributed by atoms with Crippen LogP contribution in [0, 0.1) is 0 Å². The smallest absolute Gasteiger partial charge is 0.132 e. The Kier molecular flexibility index (Phi) is 14.7. The first-order valence-electron chi connectivity index (χ1n) is 26.3. The van der Waals surface area contributed by atoms with Crippen molar-refractivity contribution >= 4 is 46.4 Å². The van der Waals surface area contributed by atoms with Crippen LogP contribution in [0.25, 0.3) is 32.7 Å². The van der Waals surface area contributed by atoms with E-state index in [1.807, 2.05) is 73.1 Å². The molecule has 2 fully saturated rings. The van der Waals surface area contributed by atoms with Gasteiger partial charge in [0.15, 0.2) is 0 Å². The molecule has 6 aromatic carbocycles. The quantitative estimate of drug-likeness (QED) is 0.108. The predicted molar refractivity (Wildman–Crippen MR) is 304 cm³/mol. The summed E-state index contributed by atoms with van der Waals surface area (Å²) >= 11 is 0. The average Bonchev–Trinajstić information content (AvgIpc) is 3.31. The third kappa shape index (κ3) is 11.2. The second-order valence-electron chi connectivity index (χ2n) is 24.7. The van der Waals surface area contributed by atoms with E-state index >= 15 is 0 Å². The molecule has 0 bridgehead atoms. The molecular weight excluding hydrogens is 889 g/mol. The van der Waals surface area contributed by atoms with E-state index in [1.165, 1.54) is 0 Å². The molecule has 8 heteroatoms. The molecule has 0 heterocycles. The van der Waals surface area contributed by atoms with Crippen LogP contribution in [0.3, 0.4) is 0 Å². The molecule has 2 aliphatic carbocycles. The Morgan fingerprint density at radius 3 is 0.958 bits per heavy atom. The van der Waals surface area contributed by atoms with Gasteiger partial charge < -0.3 is 20.4 Å². The number of benzene rings is 6. The minimum absolute atomic E-state index is 0.0385. The van der Waals surface area contributed by atoms with Crippen LogP contribution in [-0.2, 0) is 21.7 Å². The zero-order valence-electron chi connectivity index (χ0n) is 44.9. The van der Waals surface area contributed by atoms with Gasteiger partial charge in [0.05, 0.1) is 24.2 Å². The predicted octanol–water partition coefficient (Wildman–Crippen LogP) is 15.4. The van der Waals surface area contributed by atoms with Crippen molar-refractivity contribution in [3.05, 3.63) is 129 Å². The van der Waals surface area contributed by atoms with E-state index in [1.54, 1.807) is 12.4 Å². The Morgan fingerprint density at radius 2 is 0.667 bits per heavy atom. The Labute approximate surface area is 428 Å². The number of hydrogen-bond donors (Lipinski definition) is 4. The molecule has 0 radical (unpaired) electrons. The van der Waals surface area contributed by atoms with Crippen LogP contribution in [0.2, 0.25) is 0 Å². The summed E-state index contributed by atoms with van der Waals surface area (Å²) in [6.45, 7) is 25.9. The minimum Gasteiger partial charge on any atom is -0.507 e.